The summed E-state index contributed by atoms with van der Waals surface area (Å²) in [6.45, 7) is 1.61. The SMILES string of the molecule is CN[C@@H](Cc1ccccc1Br)C(C)=O. The van der Waals surface area contributed by atoms with E-state index in [1.807, 2.05) is 31.3 Å². The number of likely N-dealkylation sites (N-methyl/N-ethyl adjacent to an activating group) is 1. The zero-order valence-electron chi connectivity index (χ0n) is 8.38. The van der Waals surface area contributed by atoms with Gasteiger partial charge < -0.3 is 5.32 Å². The highest BCUT2D eigenvalue weighted by molar-refractivity contribution is 9.10. The van der Waals surface area contributed by atoms with Gasteiger partial charge in [-0.05, 0) is 32.0 Å². The minimum atomic E-state index is -0.0892. The Balaban J connectivity index is 2.77. The Morgan fingerprint density at radius 1 is 1.50 bits per heavy atom. The predicted molar refractivity (Wildman–Crippen MR) is 61.4 cm³/mol. The molecular weight excluding hydrogens is 242 g/mol. The molecule has 76 valence electrons. The fraction of sp³-hybridized carbons (Fsp3) is 0.364. The molecule has 1 aromatic carbocycles. The van der Waals surface area contributed by atoms with Crippen LogP contribution in [0, 0.1) is 0 Å². The van der Waals surface area contributed by atoms with Crippen molar-refractivity contribution in [2.24, 2.45) is 0 Å². The van der Waals surface area contributed by atoms with Crippen LogP contribution in [-0.2, 0) is 11.2 Å². The maximum atomic E-state index is 11.2. The van der Waals surface area contributed by atoms with E-state index in [1.165, 1.54) is 0 Å². The average Bonchev–Trinajstić information content (AvgIpc) is 2.16. The van der Waals surface area contributed by atoms with Crippen LogP contribution in [0.1, 0.15) is 12.5 Å². The van der Waals surface area contributed by atoms with Gasteiger partial charge in [-0.3, -0.25) is 4.79 Å². The fourth-order valence-electron chi connectivity index (χ4n) is 1.33. The van der Waals surface area contributed by atoms with Crippen LogP contribution in [0.15, 0.2) is 28.7 Å². The van der Waals surface area contributed by atoms with Crippen molar-refractivity contribution in [2.75, 3.05) is 7.05 Å². The molecule has 3 heteroatoms. The molecule has 1 rings (SSSR count). The van der Waals surface area contributed by atoms with Gasteiger partial charge in [0, 0.05) is 4.47 Å². The van der Waals surface area contributed by atoms with Crippen LogP contribution in [0.2, 0.25) is 0 Å². The van der Waals surface area contributed by atoms with Gasteiger partial charge in [-0.2, -0.15) is 0 Å². The lowest BCUT2D eigenvalue weighted by Gasteiger charge is -2.13. The number of rotatable bonds is 4. The van der Waals surface area contributed by atoms with Crippen LogP contribution in [0.4, 0.5) is 0 Å². The van der Waals surface area contributed by atoms with E-state index in [0.717, 1.165) is 16.5 Å². The van der Waals surface area contributed by atoms with Gasteiger partial charge in [0.1, 0.15) is 5.78 Å². The van der Waals surface area contributed by atoms with Crippen LogP contribution in [0.3, 0.4) is 0 Å². The van der Waals surface area contributed by atoms with Crippen molar-refractivity contribution in [1.29, 1.82) is 0 Å². The second kappa shape index (κ2) is 5.27. The molecule has 1 atom stereocenters. The van der Waals surface area contributed by atoms with Crippen molar-refractivity contribution in [3.63, 3.8) is 0 Å². The van der Waals surface area contributed by atoms with E-state index in [1.54, 1.807) is 6.92 Å². The van der Waals surface area contributed by atoms with E-state index in [4.69, 9.17) is 0 Å². The van der Waals surface area contributed by atoms with Crippen molar-refractivity contribution < 1.29 is 4.79 Å². The van der Waals surface area contributed by atoms with E-state index in [9.17, 15) is 4.79 Å². The van der Waals surface area contributed by atoms with Gasteiger partial charge in [-0.1, -0.05) is 34.1 Å². The first kappa shape index (κ1) is 11.4. The molecular formula is C11H14BrNO. The summed E-state index contributed by atoms with van der Waals surface area (Å²) in [5.41, 5.74) is 1.15. The summed E-state index contributed by atoms with van der Waals surface area (Å²) in [5, 5.41) is 3.01. The first-order valence-corrected chi connectivity index (χ1v) is 5.35. The number of hydrogen-bond acceptors (Lipinski definition) is 2. The largest absolute Gasteiger partial charge is 0.310 e. The highest BCUT2D eigenvalue weighted by Gasteiger charge is 2.13. The monoisotopic (exact) mass is 255 g/mol. The quantitative estimate of drug-likeness (QED) is 0.894. The molecule has 1 N–H and O–H groups in total. The Labute approximate surface area is 92.8 Å². The van der Waals surface area contributed by atoms with Crippen LogP contribution in [0.25, 0.3) is 0 Å². The van der Waals surface area contributed by atoms with Crippen LogP contribution < -0.4 is 5.32 Å². The number of carbonyl (C=O) groups is 1. The summed E-state index contributed by atoms with van der Waals surface area (Å²) in [6, 6.07) is 7.87. The minimum Gasteiger partial charge on any atom is -0.310 e. The van der Waals surface area contributed by atoms with E-state index in [-0.39, 0.29) is 11.8 Å². The maximum absolute atomic E-state index is 11.2. The molecule has 0 saturated heterocycles. The highest BCUT2D eigenvalue weighted by atomic mass is 79.9. The van der Waals surface area contributed by atoms with Crippen LogP contribution in [0.5, 0.6) is 0 Å². The molecule has 1 aromatic rings. The van der Waals surface area contributed by atoms with E-state index in [0.29, 0.717) is 0 Å². The molecule has 0 fully saturated rings. The molecule has 2 nitrogen and oxygen atoms in total. The number of hydrogen-bond donors (Lipinski definition) is 1. The lowest BCUT2D eigenvalue weighted by Crippen LogP contribution is -2.34. The number of halogens is 1. The molecule has 0 radical (unpaired) electrons. The molecule has 0 spiro atoms. The van der Waals surface area contributed by atoms with E-state index >= 15 is 0 Å². The summed E-state index contributed by atoms with van der Waals surface area (Å²) in [7, 11) is 1.81. The molecule has 0 amide bonds. The summed E-state index contributed by atoms with van der Waals surface area (Å²) >= 11 is 3.46. The highest BCUT2D eigenvalue weighted by Crippen LogP contribution is 2.17. The third kappa shape index (κ3) is 2.93. The van der Waals surface area contributed by atoms with Crippen LogP contribution in [-0.4, -0.2) is 18.9 Å². The molecule has 14 heavy (non-hydrogen) atoms. The first-order valence-electron chi connectivity index (χ1n) is 4.56. The van der Waals surface area contributed by atoms with Crippen LogP contribution >= 0.6 is 15.9 Å². The second-order valence-electron chi connectivity index (χ2n) is 3.25. The van der Waals surface area contributed by atoms with Gasteiger partial charge >= 0.3 is 0 Å². The summed E-state index contributed by atoms with van der Waals surface area (Å²) in [4.78, 5) is 11.2. The average molecular weight is 256 g/mol. The maximum Gasteiger partial charge on any atom is 0.147 e. The first-order chi connectivity index (χ1) is 6.65. The zero-order valence-corrected chi connectivity index (χ0v) is 9.97. The van der Waals surface area contributed by atoms with Gasteiger partial charge in [0.05, 0.1) is 6.04 Å². The number of ketones is 1. The zero-order chi connectivity index (χ0) is 10.6. The molecule has 0 heterocycles. The third-order valence-electron chi connectivity index (χ3n) is 2.22. The predicted octanol–water partition coefficient (Wildman–Crippen LogP) is 2.17. The Kier molecular flexibility index (Phi) is 4.29. The summed E-state index contributed by atoms with van der Waals surface area (Å²) in [5.74, 6) is 0.170. The standard InChI is InChI=1S/C11H14BrNO/c1-8(14)11(13-2)7-9-5-3-4-6-10(9)12/h3-6,11,13H,7H2,1-2H3/t11-/m0/s1. The van der Waals surface area contributed by atoms with Gasteiger partial charge in [0.15, 0.2) is 0 Å². The number of nitrogens with one attached hydrogen (secondary N) is 1. The lowest BCUT2D eigenvalue weighted by molar-refractivity contribution is -0.118. The normalized spacial score (nSPS) is 12.5. The molecule has 0 aliphatic heterocycles. The van der Waals surface area contributed by atoms with Crippen molar-refractivity contribution in [2.45, 2.75) is 19.4 Å². The Morgan fingerprint density at radius 2 is 2.14 bits per heavy atom. The molecule has 0 aliphatic carbocycles. The number of benzene rings is 1. The third-order valence-corrected chi connectivity index (χ3v) is 2.99. The Morgan fingerprint density at radius 3 is 2.64 bits per heavy atom. The van der Waals surface area contributed by atoms with Crippen molar-refractivity contribution in [1.82, 2.24) is 5.32 Å². The topological polar surface area (TPSA) is 29.1 Å². The molecule has 0 unspecified atom stereocenters. The Hall–Kier alpha value is -0.670. The van der Waals surface area contributed by atoms with Gasteiger partial charge in [-0.15, -0.1) is 0 Å². The summed E-state index contributed by atoms with van der Waals surface area (Å²) in [6.07, 6.45) is 0.729. The van der Waals surface area contributed by atoms with E-state index in [2.05, 4.69) is 21.2 Å². The number of carbonyl (C=O) groups excluding carboxylic acids is 1. The second-order valence-corrected chi connectivity index (χ2v) is 4.10. The Bertz CT molecular complexity index is 325. The molecule has 0 bridgehead atoms. The summed E-state index contributed by atoms with van der Waals surface area (Å²) < 4.78 is 1.06. The molecule has 0 aliphatic rings. The van der Waals surface area contributed by atoms with Crippen molar-refractivity contribution >= 4 is 21.7 Å². The molecule has 0 saturated carbocycles. The van der Waals surface area contributed by atoms with Gasteiger partial charge in [0.25, 0.3) is 0 Å². The van der Waals surface area contributed by atoms with Gasteiger partial charge in [0.2, 0.25) is 0 Å². The number of Topliss-reactive ketones (excluding diaryl/α,β-unsaturated/α-hetero) is 1. The minimum absolute atomic E-state index is 0.0892. The van der Waals surface area contributed by atoms with Gasteiger partial charge in [-0.25, -0.2) is 0 Å². The van der Waals surface area contributed by atoms with Crippen molar-refractivity contribution in [3.8, 4) is 0 Å². The lowest BCUT2D eigenvalue weighted by atomic mass is 10.0. The van der Waals surface area contributed by atoms with Crippen molar-refractivity contribution in [3.05, 3.63) is 34.3 Å². The smallest absolute Gasteiger partial charge is 0.147 e. The fourth-order valence-corrected chi connectivity index (χ4v) is 1.78. The van der Waals surface area contributed by atoms with E-state index < -0.39 is 0 Å². The molecule has 0 aromatic heterocycles.